The fraction of sp³-hybridized carbons (Fsp3) is 0.400. The molecule has 1 aromatic carbocycles. The molecule has 0 aliphatic carbocycles. The molecule has 0 aliphatic rings. The van der Waals surface area contributed by atoms with E-state index in [1.807, 2.05) is 17.3 Å². The van der Waals surface area contributed by atoms with E-state index < -0.39 is 0 Å². The summed E-state index contributed by atoms with van der Waals surface area (Å²) in [5.74, 6) is 0. The molecule has 3 nitrogen and oxygen atoms in total. The Bertz CT molecular complexity index is 255. The van der Waals surface area contributed by atoms with E-state index in [9.17, 15) is 0 Å². The summed E-state index contributed by atoms with van der Waals surface area (Å²) in [6.07, 6.45) is 0. The molecule has 0 heterocycles. The van der Waals surface area contributed by atoms with Gasteiger partial charge in [0.1, 0.15) is 0 Å². The van der Waals surface area contributed by atoms with Gasteiger partial charge in [0, 0.05) is 17.6 Å². The van der Waals surface area contributed by atoms with Gasteiger partial charge in [0.25, 0.3) is 0 Å². The zero-order valence-corrected chi connectivity index (χ0v) is 10.1. The van der Waals surface area contributed by atoms with Gasteiger partial charge in [0.05, 0.1) is 5.69 Å². The highest BCUT2D eigenvalue weighted by atomic mass is 79.9. The molecule has 0 aromatic heterocycles. The van der Waals surface area contributed by atoms with Gasteiger partial charge in [0.2, 0.25) is 0 Å². The summed E-state index contributed by atoms with van der Waals surface area (Å²) in [4.78, 5) is 0. The third-order valence-electron chi connectivity index (χ3n) is 1.72. The summed E-state index contributed by atoms with van der Waals surface area (Å²) in [7, 11) is 0. The van der Waals surface area contributed by atoms with Crippen LogP contribution < -0.4 is 16.0 Å². The number of anilines is 1. The first-order valence-electron chi connectivity index (χ1n) is 4.80. The molecule has 4 heteroatoms. The maximum atomic E-state index is 3.41. The van der Waals surface area contributed by atoms with Gasteiger partial charge in [0.15, 0.2) is 0 Å². The van der Waals surface area contributed by atoms with E-state index >= 15 is 0 Å². The molecule has 0 unspecified atom stereocenters. The zero-order valence-electron chi connectivity index (χ0n) is 8.55. The summed E-state index contributed by atoms with van der Waals surface area (Å²) in [6, 6.07) is 8.15. The van der Waals surface area contributed by atoms with Crippen molar-refractivity contribution >= 4 is 21.6 Å². The number of benzene rings is 1. The summed E-state index contributed by atoms with van der Waals surface area (Å²) < 4.78 is 1.09. The first kappa shape index (κ1) is 11.5. The number of hydrogen-bond donors (Lipinski definition) is 2. The molecule has 0 bridgehead atoms. The van der Waals surface area contributed by atoms with Crippen LogP contribution in [0.1, 0.15) is 13.8 Å². The molecule has 14 heavy (non-hydrogen) atoms. The third kappa shape index (κ3) is 3.29. The maximum Gasteiger partial charge on any atom is 0.0702 e. The van der Waals surface area contributed by atoms with Crippen molar-refractivity contribution in [3.8, 4) is 0 Å². The lowest BCUT2D eigenvalue weighted by atomic mass is 10.3. The Morgan fingerprint density at radius 2 is 1.57 bits per heavy atom. The van der Waals surface area contributed by atoms with Gasteiger partial charge < -0.3 is 0 Å². The quantitative estimate of drug-likeness (QED) is 0.793. The number of nitrogens with one attached hydrogen (secondary N) is 2. The molecule has 1 rings (SSSR count). The van der Waals surface area contributed by atoms with Gasteiger partial charge in [-0.1, -0.05) is 29.8 Å². The van der Waals surface area contributed by atoms with Crippen LogP contribution in [0.25, 0.3) is 0 Å². The predicted molar refractivity (Wildman–Crippen MR) is 64.0 cm³/mol. The topological polar surface area (TPSA) is 27.3 Å². The van der Waals surface area contributed by atoms with Crippen molar-refractivity contribution in [3.05, 3.63) is 28.7 Å². The van der Waals surface area contributed by atoms with Crippen molar-refractivity contribution in [2.24, 2.45) is 0 Å². The summed E-state index contributed by atoms with van der Waals surface area (Å²) in [6.45, 7) is 5.93. The minimum atomic E-state index is 0.892. The van der Waals surface area contributed by atoms with Crippen molar-refractivity contribution in [1.82, 2.24) is 10.9 Å². The van der Waals surface area contributed by atoms with E-state index in [4.69, 9.17) is 0 Å². The smallest absolute Gasteiger partial charge is 0.0702 e. The van der Waals surface area contributed by atoms with E-state index in [1.165, 1.54) is 0 Å². The van der Waals surface area contributed by atoms with Crippen LogP contribution in [-0.4, -0.2) is 13.1 Å². The Kier molecular flexibility index (Phi) is 4.93. The van der Waals surface area contributed by atoms with E-state index in [2.05, 4.69) is 52.8 Å². The number of rotatable bonds is 5. The summed E-state index contributed by atoms with van der Waals surface area (Å²) in [5.41, 5.74) is 7.56. The largest absolute Gasteiger partial charge is 0.242 e. The molecule has 0 atom stereocenters. The molecule has 0 amide bonds. The van der Waals surface area contributed by atoms with E-state index in [0.717, 1.165) is 23.2 Å². The number of halogens is 1. The Morgan fingerprint density at radius 1 is 1.07 bits per heavy atom. The summed E-state index contributed by atoms with van der Waals surface area (Å²) in [5, 5.41) is 1.94. The average molecular weight is 258 g/mol. The molecule has 2 N–H and O–H groups in total. The average Bonchev–Trinajstić information content (AvgIpc) is 2.19. The number of hydrazine groups is 2. The first-order valence-corrected chi connectivity index (χ1v) is 5.60. The van der Waals surface area contributed by atoms with Crippen LogP contribution in [0.15, 0.2) is 28.7 Å². The second-order valence-corrected chi connectivity index (χ2v) is 3.75. The molecule has 1 aromatic rings. The molecule has 0 saturated carbocycles. The van der Waals surface area contributed by atoms with Crippen molar-refractivity contribution in [1.29, 1.82) is 0 Å². The lowest BCUT2D eigenvalue weighted by molar-refractivity contribution is 0.550. The highest BCUT2D eigenvalue weighted by molar-refractivity contribution is 9.10. The third-order valence-corrected chi connectivity index (χ3v) is 2.25. The van der Waals surface area contributed by atoms with Crippen LogP contribution in [0.5, 0.6) is 0 Å². The molecular weight excluding hydrogens is 242 g/mol. The van der Waals surface area contributed by atoms with Gasteiger partial charge in [-0.05, 0) is 24.3 Å². The second-order valence-electron chi connectivity index (χ2n) is 2.84. The van der Waals surface area contributed by atoms with Gasteiger partial charge in [-0.25, -0.2) is 16.0 Å². The SMILES string of the molecule is CCNN(NCC)c1ccc(Br)cc1. The lowest BCUT2D eigenvalue weighted by Crippen LogP contribution is -2.48. The Balaban J connectivity index is 2.71. The fourth-order valence-corrected chi connectivity index (χ4v) is 1.41. The van der Waals surface area contributed by atoms with Crippen LogP contribution in [0.2, 0.25) is 0 Å². The Morgan fingerprint density at radius 3 is 2.00 bits per heavy atom. The maximum absolute atomic E-state index is 3.41. The predicted octanol–water partition coefficient (Wildman–Crippen LogP) is 2.30. The standard InChI is InChI=1S/C10H16BrN3/c1-3-12-14(13-4-2)10-7-5-9(11)6-8-10/h5-8,12-13H,3-4H2,1-2H3. The van der Waals surface area contributed by atoms with Crippen LogP contribution in [0.3, 0.4) is 0 Å². The zero-order chi connectivity index (χ0) is 10.4. The van der Waals surface area contributed by atoms with Crippen LogP contribution in [0.4, 0.5) is 5.69 Å². The fourth-order valence-electron chi connectivity index (χ4n) is 1.14. The summed E-state index contributed by atoms with van der Waals surface area (Å²) >= 11 is 3.41. The van der Waals surface area contributed by atoms with Crippen molar-refractivity contribution in [2.45, 2.75) is 13.8 Å². The highest BCUT2D eigenvalue weighted by Crippen LogP contribution is 2.15. The normalized spacial score (nSPS) is 10.2. The molecule has 0 radical (unpaired) electrons. The van der Waals surface area contributed by atoms with Crippen molar-refractivity contribution < 1.29 is 0 Å². The molecule has 0 spiro atoms. The van der Waals surface area contributed by atoms with Crippen LogP contribution in [-0.2, 0) is 0 Å². The molecule has 0 aliphatic heterocycles. The lowest BCUT2D eigenvalue weighted by Gasteiger charge is -2.24. The van der Waals surface area contributed by atoms with Crippen LogP contribution >= 0.6 is 15.9 Å². The van der Waals surface area contributed by atoms with E-state index in [-0.39, 0.29) is 0 Å². The van der Waals surface area contributed by atoms with Gasteiger partial charge >= 0.3 is 0 Å². The molecule has 0 fully saturated rings. The second kappa shape index (κ2) is 6.01. The monoisotopic (exact) mass is 257 g/mol. The molecule has 0 saturated heterocycles. The van der Waals surface area contributed by atoms with Gasteiger partial charge in [-0.3, -0.25) is 0 Å². The highest BCUT2D eigenvalue weighted by Gasteiger charge is 2.02. The minimum absolute atomic E-state index is 0.892. The van der Waals surface area contributed by atoms with Crippen molar-refractivity contribution in [3.63, 3.8) is 0 Å². The molecular formula is C10H16BrN3. The van der Waals surface area contributed by atoms with E-state index in [1.54, 1.807) is 0 Å². The van der Waals surface area contributed by atoms with Crippen LogP contribution in [0, 0.1) is 0 Å². The molecule has 78 valence electrons. The first-order chi connectivity index (χ1) is 6.77. The van der Waals surface area contributed by atoms with Gasteiger partial charge in [-0.15, -0.1) is 0 Å². The number of hydrogen-bond acceptors (Lipinski definition) is 3. The van der Waals surface area contributed by atoms with E-state index in [0.29, 0.717) is 0 Å². The Hall–Kier alpha value is -0.580. The number of nitrogens with zero attached hydrogens (tertiary/aromatic N) is 1. The minimum Gasteiger partial charge on any atom is -0.242 e. The van der Waals surface area contributed by atoms with Gasteiger partial charge in [-0.2, -0.15) is 0 Å². The van der Waals surface area contributed by atoms with Crippen molar-refractivity contribution in [2.75, 3.05) is 18.2 Å². The Labute approximate surface area is 93.6 Å².